The molecule has 0 bridgehead atoms. The second kappa shape index (κ2) is 18.5. The summed E-state index contributed by atoms with van der Waals surface area (Å²) in [5.74, 6) is 0. The van der Waals surface area contributed by atoms with Crippen molar-refractivity contribution in [2.45, 2.75) is 96.5 Å². The van der Waals surface area contributed by atoms with Crippen LogP contribution >= 0.6 is 0 Å². The van der Waals surface area contributed by atoms with Gasteiger partial charge >= 0.3 is 0 Å². The van der Waals surface area contributed by atoms with Crippen LogP contribution in [0.25, 0.3) is 0 Å². The first-order valence-electron chi connectivity index (χ1n) is 9.36. The van der Waals surface area contributed by atoms with Crippen LogP contribution in [-0.2, 0) is 4.74 Å². The third-order valence-electron chi connectivity index (χ3n) is 3.92. The Hall–Kier alpha value is -0.540. The minimum atomic E-state index is -0.767. The number of ether oxygens (including phenoxy) is 1. The Morgan fingerprint density at radius 1 is 0.818 bits per heavy atom. The summed E-state index contributed by atoms with van der Waals surface area (Å²) in [4.78, 5) is 0. The first-order chi connectivity index (χ1) is 10.8. The smallest absolute Gasteiger partial charge is 0.115 e. The van der Waals surface area contributed by atoms with Gasteiger partial charge in [-0.25, -0.2) is 0 Å². The molecule has 0 aromatic heterocycles. The standard InChI is InChI=1S/C19H38O3/c1-2-3-4-5-6-7-8-9-10-11-12-13-14-15-16-22-18-19(21)17-20/h15-16,19-21H,2-14,17-18H2,1H3/b16-15-/t19-/m1/s1. The second-order valence-electron chi connectivity index (χ2n) is 6.22. The van der Waals surface area contributed by atoms with E-state index in [1.807, 2.05) is 6.08 Å². The Morgan fingerprint density at radius 2 is 1.32 bits per heavy atom. The summed E-state index contributed by atoms with van der Waals surface area (Å²) in [6, 6.07) is 0. The van der Waals surface area contributed by atoms with E-state index in [2.05, 4.69) is 6.92 Å². The fourth-order valence-electron chi connectivity index (χ4n) is 2.46. The predicted molar refractivity (Wildman–Crippen MR) is 93.9 cm³/mol. The molecule has 0 aliphatic carbocycles. The van der Waals surface area contributed by atoms with E-state index in [-0.39, 0.29) is 13.2 Å². The summed E-state index contributed by atoms with van der Waals surface area (Å²) >= 11 is 0. The lowest BCUT2D eigenvalue weighted by Gasteiger charge is -2.05. The van der Waals surface area contributed by atoms with Gasteiger partial charge in [0.25, 0.3) is 0 Å². The van der Waals surface area contributed by atoms with Gasteiger partial charge in [-0.1, -0.05) is 77.6 Å². The van der Waals surface area contributed by atoms with Gasteiger partial charge in [0.05, 0.1) is 12.9 Å². The molecule has 0 rings (SSSR count). The molecule has 2 N–H and O–H groups in total. The molecule has 0 fully saturated rings. The Labute approximate surface area is 137 Å². The highest BCUT2D eigenvalue weighted by Gasteiger charge is 1.98. The molecule has 22 heavy (non-hydrogen) atoms. The van der Waals surface area contributed by atoms with E-state index in [0.717, 1.165) is 6.42 Å². The van der Waals surface area contributed by atoms with Crippen LogP contribution in [0.5, 0.6) is 0 Å². The quantitative estimate of drug-likeness (QED) is 0.295. The molecular formula is C19H38O3. The van der Waals surface area contributed by atoms with Gasteiger partial charge in [-0.05, 0) is 18.9 Å². The van der Waals surface area contributed by atoms with Crippen LogP contribution in [-0.4, -0.2) is 29.5 Å². The molecule has 0 aliphatic rings. The second-order valence-corrected chi connectivity index (χ2v) is 6.22. The molecule has 0 heterocycles. The Kier molecular flexibility index (Phi) is 18.1. The number of allylic oxidation sites excluding steroid dienone is 1. The lowest BCUT2D eigenvalue weighted by molar-refractivity contribution is 0.0383. The minimum absolute atomic E-state index is 0.172. The van der Waals surface area contributed by atoms with Gasteiger partial charge in [-0.2, -0.15) is 0 Å². The van der Waals surface area contributed by atoms with Gasteiger partial charge in [0, 0.05) is 0 Å². The van der Waals surface area contributed by atoms with Gasteiger partial charge in [0.1, 0.15) is 12.7 Å². The largest absolute Gasteiger partial charge is 0.499 e. The van der Waals surface area contributed by atoms with Crippen molar-refractivity contribution in [2.75, 3.05) is 13.2 Å². The minimum Gasteiger partial charge on any atom is -0.499 e. The average molecular weight is 315 g/mol. The van der Waals surface area contributed by atoms with Crippen LogP contribution in [0, 0.1) is 0 Å². The summed E-state index contributed by atoms with van der Waals surface area (Å²) in [5.41, 5.74) is 0. The van der Waals surface area contributed by atoms with Gasteiger partial charge < -0.3 is 14.9 Å². The van der Waals surface area contributed by atoms with Crippen molar-refractivity contribution in [3.63, 3.8) is 0 Å². The highest BCUT2D eigenvalue weighted by Crippen LogP contribution is 2.12. The van der Waals surface area contributed by atoms with Crippen LogP contribution in [0.4, 0.5) is 0 Å². The molecule has 0 saturated heterocycles. The van der Waals surface area contributed by atoms with E-state index in [1.54, 1.807) is 6.26 Å². The average Bonchev–Trinajstić information content (AvgIpc) is 2.54. The van der Waals surface area contributed by atoms with Crippen LogP contribution in [0.15, 0.2) is 12.3 Å². The zero-order valence-electron chi connectivity index (χ0n) is 14.6. The van der Waals surface area contributed by atoms with E-state index in [4.69, 9.17) is 14.9 Å². The van der Waals surface area contributed by atoms with Crippen LogP contribution in [0.2, 0.25) is 0 Å². The summed E-state index contributed by atoms with van der Waals surface area (Å²) in [6.45, 7) is 2.20. The van der Waals surface area contributed by atoms with Gasteiger partial charge in [0.15, 0.2) is 0 Å². The number of rotatable bonds is 17. The number of hydrogen-bond donors (Lipinski definition) is 2. The van der Waals surface area contributed by atoms with E-state index in [0.29, 0.717) is 0 Å². The topological polar surface area (TPSA) is 49.7 Å². The first-order valence-corrected chi connectivity index (χ1v) is 9.36. The lowest BCUT2D eigenvalue weighted by atomic mass is 10.0. The van der Waals surface area contributed by atoms with E-state index < -0.39 is 6.10 Å². The third-order valence-corrected chi connectivity index (χ3v) is 3.92. The van der Waals surface area contributed by atoms with E-state index >= 15 is 0 Å². The molecule has 3 heteroatoms. The van der Waals surface area contributed by atoms with E-state index in [9.17, 15) is 0 Å². The van der Waals surface area contributed by atoms with Crippen LogP contribution in [0.1, 0.15) is 90.4 Å². The van der Waals surface area contributed by atoms with Crippen molar-refractivity contribution in [2.24, 2.45) is 0 Å². The molecule has 0 radical (unpaired) electrons. The molecule has 0 amide bonds. The summed E-state index contributed by atoms with van der Waals surface area (Å²) < 4.78 is 5.10. The molecule has 0 aromatic rings. The maximum absolute atomic E-state index is 9.06. The summed E-state index contributed by atoms with van der Waals surface area (Å²) in [5, 5.41) is 17.7. The van der Waals surface area contributed by atoms with Crippen molar-refractivity contribution in [1.82, 2.24) is 0 Å². The Balaban J connectivity index is 3.06. The molecule has 132 valence electrons. The lowest BCUT2D eigenvalue weighted by Crippen LogP contribution is -2.17. The Bertz CT molecular complexity index is 229. The number of unbranched alkanes of at least 4 members (excludes halogenated alkanes) is 12. The van der Waals surface area contributed by atoms with Crippen LogP contribution in [0.3, 0.4) is 0 Å². The SMILES string of the molecule is CCCCCCCCCCCCCC/C=C\OC[C@H](O)CO. The molecule has 0 spiro atoms. The monoisotopic (exact) mass is 314 g/mol. The van der Waals surface area contributed by atoms with E-state index in [1.165, 1.54) is 77.0 Å². The molecule has 0 unspecified atom stereocenters. The third kappa shape index (κ3) is 17.5. The fourth-order valence-corrected chi connectivity index (χ4v) is 2.46. The van der Waals surface area contributed by atoms with Gasteiger partial charge in [-0.15, -0.1) is 0 Å². The van der Waals surface area contributed by atoms with Crippen molar-refractivity contribution in [3.05, 3.63) is 12.3 Å². The maximum atomic E-state index is 9.06. The van der Waals surface area contributed by atoms with Crippen molar-refractivity contribution < 1.29 is 14.9 Å². The maximum Gasteiger partial charge on any atom is 0.115 e. The molecule has 0 aromatic carbocycles. The highest BCUT2D eigenvalue weighted by atomic mass is 16.5. The molecule has 3 nitrogen and oxygen atoms in total. The normalized spacial score (nSPS) is 12.9. The van der Waals surface area contributed by atoms with Crippen LogP contribution < -0.4 is 0 Å². The zero-order chi connectivity index (χ0) is 16.3. The number of hydrogen-bond acceptors (Lipinski definition) is 3. The number of aliphatic hydroxyl groups excluding tert-OH is 2. The van der Waals surface area contributed by atoms with Crippen molar-refractivity contribution >= 4 is 0 Å². The fraction of sp³-hybridized carbons (Fsp3) is 0.895. The molecule has 0 saturated carbocycles. The molecular weight excluding hydrogens is 276 g/mol. The van der Waals surface area contributed by atoms with Crippen molar-refractivity contribution in [1.29, 1.82) is 0 Å². The summed E-state index contributed by atoms with van der Waals surface area (Å²) in [6.07, 6.45) is 20.4. The summed E-state index contributed by atoms with van der Waals surface area (Å²) in [7, 11) is 0. The predicted octanol–water partition coefficient (Wildman–Crippen LogP) is 4.96. The zero-order valence-corrected chi connectivity index (χ0v) is 14.6. The highest BCUT2D eigenvalue weighted by molar-refractivity contribution is 4.73. The Morgan fingerprint density at radius 3 is 1.82 bits per heavy atom. The number of aliphatic hydroxyl groups is 2. The molecule has 0 aliphatic heterocycles. The van der Waals surface area contributed by atoms with Crippen molar-refractivity contribution in [3.8, 4) is 0 Å². The molecule has 1 atom stereocenters. The first kappa shape index (κ1) is 21.5. The van der Waals surface area contributed by atoms with Gasteiger partial charge in [-0.3, -0.25) is 0 Å². The van der Waals surface area contributed by atoms with Gasteiger partial charge in [0.2, 0.25) is 0 Å².